The first kappa shape index (κ1) is 14.0. The van der Waals surface area contributed by atoms with Gasteiger partial charge in [-0.25, -0.2) is 4.98 Å². The summed E-state index contributed by atoms with van der Waals surface area (Å²) in [4.78, 5) is 19.6. The van der Waals surface area contributed by atoms with Gasteiger partial charge in [-0.1, -0.05) is 6.07 Å². The molecule has 0 unspecified atom stereocenters. The Balaban J connectivity index is 1.90. The summed E-state index contributed by atoms with van der Waals surface area (Å²) in [7, 11) is 0. The van der Waals surface area contributed by atoms with Crippen LogP contribution in [0.2, 0.25) is 0 Å². The van der Waals surface area contributed by atoms with Crippen molar-refractivity contribution in [3.05, 3.63) is 39.4 Å². The van der Waals surface area contributed by atoms with E-state index in [1.165, 1.54) is 0 Å². The first-order valence-electron chi connectivity index (χ1n) is 6.76. The largest absolute Gasteiger partial charge is 0.309 e. The number of benzene rings is 1. The molecule has 0 saturated heterocycles. The Bertz CT molecular complexity index is 835. The van der Waals surface area contributed by atoms with Crippen LogP contribution in [-0.2, 0) is 5.75 Å². The van der Waals surface area contributed by atoms with Crippen LogP contribution in [-0.4, -0.2) is 20.7 Å². The summed E-state index contributed by atoms with van der Waals surface area (Å²) in [5.74, 6) is 1.28. The number of H-pyrrole nitrogens is 1. The molecule has 1 aromatic carbocycles. The maximum absolute atomic E-state index is 12.2. The second-order valence-corrected chi connectivity index (χ2v) is 6.26. The van der Waals surface area contributed by atoms with Crippen LogP contribution >= 0.6 is 11.8 Å². The molecular weight excluding hydrogens is 284 g/mol. The van der Waals surface area contributed by atoms with Crippen LogP contribution in [0.1, 0.15) is 30.3 Å². The Morgan fingerprint density at radius 3 is 2.76 bits per heavy atom. The van der Waals surface area contributed by atoms with Crippen LogP contribution in [0.4, 0.5) is 0 Å². The summed E-state index contributed by atoms with van der Waals surface area (Å²) >= 11 is 1.57. The van der Waals surface area contributed by atoms with Crippen LogP contribution in [0, 0.1) is 13.8 Å². The van der Waals surface area contributed by atoms with Gasteiger partial charge in [-0.3, -0.25) is 4.79 Å². The molecule has 0 amide bonds. The van der Waals surface area contributed by atoms with E-state index in [-0.39, 0.29) is 5.56 Å². The Morgan fingerprint density at radius 1 is 1.24 bits per heavy atom. The van der Waals surface area contributed by atoms with Crippen molar-refractivity contribution < 1.29 is 0 Å². The van der Waals surface area contributed by atoms with E-state index in [1.807, 2.05) is 32.9 Å². The minimum atomic E-state index is -0.0838. The number of fused-ring (bicyclic) bond motifs is 1. The molecule has 2 aromatic rings. The molecule has 21 heavy (non-hydrogen) atoms. The zero-order chi connectivity index (χ0) is 15.0. The fraction of sp³-hybridized carbons (Fsp3) is 0.333. The van der Waals surface area contributed by atoms with Crippen LogP contribution in [0.5, 0.6) is 0 Å². The first-order valence-corrected chi connectivity index (χ1v) is 7.75. The van der Waals surface area contributed by atoms with Gasteiger partial charge in [0.1, 0.15) is 10.9 Å². The van der Waals surface area contributed by atoms with E-state index in [0.717, 1.165) is 33.8 Å². The Labute approximate surface area is 126 Å². The lowest BCUT2D eigenvalue weighted by Gasteiger charge is -2.07. The lowest BCUT2D eigenvalue weighted by Crippen LogP contribution is -2.12. The summed E-state index contributed by atoms with van der Waals surface area (Å²) in [6.45, 7) is 5.98. The molecule has 108 valence electrons. The second kappa shape index (κ2) is 5.44. The molecular formula is C15H16N4OS. The minimum Gasteiger partial charge on any atom is -0.309 e. The van der Waals surface area contributed by atoms with Crippen LogP contribution < -0.4 is 5.56 Å². The molecule has 0 atom stereocenters. The molecule has 0 saturated carbocycles. The van der Waals surface area contributed by atoms with Crippen molar-refractivity contribution in [3.8, 4) is 0 Å². The lowest BCUT2D eigenvalue weighted by molar-refractivity contribution is 1.04. The van der Waals surface area contributed by atoms with Crippen molar-refractivity contribution >= 4 is 33.4 Å². The van der Waals surface area contributed by atoms with Crippen molar-refractivity contribution in [2.24, 2.45) is 10.2 Å². The maximum Gasteiger partial charge on any atom is 0.258 e. The molecule has 3 rings (SSSR count). The zero-order valence-electron chi connectivity index (χ0n) is 12.2. The van der Waals surface area contributed by atoms with Crippen LogP contribution in [0.3, 0.4) is 0 Å². The SMILES string of the molecule is CC1=NN=C(SCc2nc3c(C)c(C)ccc3c(=O)[nH]2)C1. The number of rotatable bonds is 2. The Hall–Kier alpha value is -1.95. The smallest absolute Gasteiger partial charge is 0.258 e. The van der Waals surface area contributed by atoms with Crippen molar-refractivity contribution in [3.63, 3.8) is 0 Å². The van der Waals surface area contributed by atoms with Gasteiger partial charge in [-0.05, 0) is 38.0 Å². The maximum atomic E-state index is 12.2. The van der Waals surface area contributed by atoms with Crippen molar-refractivity contribution in [2.45, 2.75) is 32.9 Å². The first-order chi connectivity index (χ1) is 10.0. The standard InChI is InChI=1S/C15H16N4OS/c1-8-4-5-11-14(10(8)3)16-12(17-15(11)20)7-21-13-6-9(2)18-19-13/h4-5H,6-7H2,1-3H3,(H,16,17,20). The molecule has 0 fully saturated rings. The van der Waals surface area contributed by atoms with Gasteiger partial charge in [-0.2, -0.15) is 5.10 Å². The molecule has 1 aromatic heterocycles. The fourth-order valence-electron chi connectivity index (χ4n) is 2.22. The van der Waals surface area contributed by atoms with E-state index in [4.69, 9.17) is 0 Å². The monoisotopic (exact) mass is 300 g/mol. The summed E-state index contributed by atoms with van der Waals surface area (Å²) in [5.41, 5.74) is 3.92. The molecule has 0 radical (unpaired) electrons. The molecule has 1 N–H and O–H groups in total. The van der Waals surface area contributed by atoms with E-state index in [1.54, 1.807) is 11.8 Å². The number of hydrogen-bond donors (Lipinski definition) is 1. The van der Waals surface area contributed by atoms with Gasteiger partial charge >= 0.3 is 0 Å². The zero-order valence-corrected chi connectivity index (χ0v) is 13.0. The van der Waals surface area contributed by atoms with Crippen LogP contribution in [0.15, 0.2) is 27.1 Å². The highest BCUT2D eigenvalue weighted by molar-refractivity contribution is 8.13. The number of thioether (sulfide) groups is 1. The van der Waals surface area contributed by atoms with Crippen LogP contribution in [0.25, 0.3) is 10.9 Å². The average molecular weight is 300 g/mol. The molecule has 1 aliphatic heterocycles. The predicted octanol–water partition coefficient (Wildman–Crippen LogP) is 2.95. The van der Waals surface area contributed by atoms with Gasteiger partial charge in [0.05, 0.1) is 16.7 Å². The van der Waals surface area contributed by atoms with E-state index in [2.05, 4.69) is 20.2 Å². The number of nitrogens with zero attached hydrogens (tertiary/aromatic N) is 3. The average Bonchev–Trinajstić information content (AvgIpc) is 2.87. The van der Waals surface area contributed by atoms with E-state index >= 15 is 0 Å². The highest BCUT2D eigenvalue weighted by Gasteiger charge is 2.12. The van der Waals surface area contributed by atoms with Gasteiger partial charge in [-0.15, -0.1) is 16.9 Å². The van der Waals surface area contributed by atoms with Gasteiger partial charge in [0.25, 0.3) is 5.56 Å². The van der Waals surface area contributed by atoms with Gasteiger partial charge in [0, 0.05) is 12.1 Å². The number of nitrogens with one attached hydrogen (secondary N) is 1. The second-order valence-electron chi connectivity index (χ2n) is 5.21. The molecule has 0 spiro atoms. The number of aromatic amines is 1. The lowest BCUT2D eigenvalue weighted by atomic mass is 10.1. The number of aryl methyl sites for hydroxylation is 2. The third-order valence-electron chi connectivity index (χ3n) is 3.57. The summed E-state index contributed by atoms with van der Waals surface area (Å²) in [5, 5.41) is 9.72. The topological polar surface area (TPSA) is 70.5 Å². The third kappa shape index (κ3) is 2.76. The minimum absolute atomic E-state index is 0.0838. The molecule has 5 nitrogen and oxygen atoms in total. The van der Waals surface area contributed by atoms with Gasteiger partial charge in [0.15, 0.2) is 0 Å². The molecule has 2 heterocycles. The highest BCUT2D eigenvalue weighted by atomic mass is 32.2. The fourth-order valence-corrected chi connectivity index (χ4v) is 3.07. The number of hydrogen-bond acceptors (Lipinski definition) is 5. The van der Waals surface area contributed by atoms with Gasteiger partial charge < -0.3 is 4.98 Å². The quantitative estimate of drug-likeness (QED) is 0.927. The molecule has 6 heteroatoms. The normalized spacial score (nSPS) is 14.4. The summed E-state index contributed by atoms with van der Waals surface area (Å²) in [6, 6.07) is 3.79. The van der Waals surface area contributed by atoms with E-state index in [9.17, 15) is 4.79 Å². The Kier molecular flexibility index (Phi) is 3.63. The Morgan fingerprint density at radius 2 is 2.05 bits per heavy atom. The van der Waals surface area contributed by atoms with Crippen molar-refractivity contribution in [1.82, 2.24) is 9.97 Å². The number of aromatic nitrogens is 2. The third-order valence-corrected chi connectivity index (χ3v) is 4.54. The summed E-state index contributed by atoms with van der Waals surface area (Å²) in [6.07, 6.45) is 0.792. The van der Waals surface area contributed by atoms with E-state index < -0.39 is 0 Å². The van der Waals surface area contributed by atoms with Crippen molar-refractivity contribution in [2.75, 3.05) is 0 Å². The van der Waals surface area contributed by atoms with Crippen molar-refractivity contribution in [1.29, 1.82) is 0 Å². The highest BCUT2D eigenvalue weighted by Crippen LogP contribution is 2.20. The predicted molar refractivity (Wildman–Crippen MR) is 88.3 cm³/mol. The van der Waals surface area contributed by atoms with E-state index in [0.29, 0.717) is 17.0 Å². The molecule has 1 aliphatic rings. The molecule has 0 bridgehead atoms. The molecule has 0 aliphatic carbocycles. The van der Waals surface area contributed by atoms with Gasteiger partial charge in [0.2, 0.25) is 0 Å². The summed E-state index contributed by atoms with van der Waals surface area (Å²) < 4.78 is 0.